The summed E-state index contributed by atoms with van der Waals surface area (Å²) in [6.45, 7) is 0.633. The Kier molecular flexibility index (Phi) is 7.20. The number of carbonyl (C=O) groups excluding carboxylic acids is 1. The number of methoxy groups -OCH3 is 1. The quantitative estimate of drug-likeness (QED) is 0.415. The molecule has 0 atom stereocenters. The van der Waals surface area contributed by atoms with Crippen LogP contribution in [0.2, 0.25) is 5.02 Å². The van der Waals surface area contributed by atoms with Crippen LogP contribution in [-0.2, 0) is 13.1 Å². The third kappa shape index (κ3) is 5.55. The lowest BCUT2D eigenvalue weighted by Crippen LogP contribution is -2.25. The molecular weight excluding hydrogens is 412 g/mol. The van der Waals surface area contributed by atoms with Gasteiger partial charge in [0.15, 0.2) is 5.16 Å². The fourth-order valence-corrected chi connectivity index (χ4v) is 3.07. The van der Waals surface area contributed by atoms with Gasteiger partial charge < -0.3 is 15.4 Å². The minimum atomic E-state index is -0.319. The van der Waals surface area contributed by atoms with Crippen LogP contribution in [0.1, 0.15) is 21.7 Å². The van der Waals surface area contributed by atoms with E-state index in [1.807, 2.05) is 12.3 Å². The molecule has 1 aromatic carbocycles. The molecule has 0 saturated heterocycles. The molecule has 2 heterocycles. The topological polar surface area (TPSA) is 102 Å². The van der Waals surface area contributed by atoms with Crippen LogP contribution in [-0.4, -0.2) is 39.2 Å². The van der Waals surface area contributed by atoms with Gasteiger partial charge in [0.25, 0.3) is 5.91 Å². The van der Waals surface area contributed by atoms with Crippen molar-refractivity contribution in [2.24, 2.45) is 0 Å². The van der Waals surface area contributed by atoms with Gasteiger partial charge in [0.1, 0.15) is 23.0 Å². The molecule has 29 heavy (non-hydrogen) atoms. The minimum absolute atomic E-state index is 0.206. The van der Waals surface area contributed by atoms with Crippen molar-refractivity contribution in [2.45, 2.75) is 18.2 Å². The number of anilines is 1. The first-order valence-corrected chi connectivity index (χ1v) is 10.2. The fraction of sp³-hybridized carbons (Fsp3) is 0.211. The number of hydrogen-bond donors (Lipinski definition) is 2. The van der Waals surface area contributed by atoms with Crippen molar-refractivity contribution in [2.75, 3.05) is 18.7 Å². The molecular formula is C19H19ClN6O2S. The first kappa shape index (κ1) is 20.8. The van der Waals surface area contributed by atoms with Gasteiger partial charge in [0.2, 0.25) is 0 Å². The number of halogens is 1. The van der Waals surface area contributed by atoms with Gasteiger partial charge in [0, 0.05) is 25.1 Å². The minimum Gasteiger partial charge on any atom is -0.495 e. The summed E-state index contributed by atoms with van der Waals surface area (Å²) in [5, 5.41) is 7.05. The summed E-state index contributed by atoms with van der Waals surface area (Å²) in [7, 11) is 1.56. The smallest absolute Gasteiger partial charge is 0.256 e. The Hall–Kier alpha value is -2.91. The molecule has 8 nitrogen and oxygen atoms in total. The Bertz CT molecular complexity index is 990. The number of carbonyl (C=O) groups is 1. The van der Waals surface area contributed by atoms with Crippen molar-refractivity contribution in [3.63, 3.8) is 0 Å². The molecule has 2 aromatic heterocycles. The van der Waals surface area contributed by atoms with Crippen LogP contribution in [0.25, 0.3) is 0 Å². The highest BCUT2D eigenvalue weighted by Crippen LogP contribution is 2.25. The van der Waals surface area contributed by atoms with Crippen LogP contribution in [0.15, 0.2) is 48.0 Å². The number of nitrogens with zero attached hydrogens (tertiary/aromatic N) is 4. The van der Waals surface area contributed by atoms with Gasteiger partial charge in [-0.05, 0) is 30.0 Å². The van der Waals surface area contributed by atoms with E-state index in [4.69, 9.17) is 16.3 Å². The largest absolute Gasteiger partial charge is 0.495 e. The van der Waals surface area contributed by atoms with E-state index in [1.165, 1.54) is 18.0 Å². The normalized spacial score (nSPS) is 10.4. The van der Waals surface area contributed by atoms with Crippen LogP contribution < -0.4 is 15.4 Å². The Morgan fingerprint density at radius 3 is 2.69 bits per heavy atom. The Labute approximate surface area is 177 Å². The van der Waals surface area contributed by atoms with Gasteiger partial charge in [0.05, 0.1) is 18.7 Å². The Morgan fingerprint density at radius 1 is 1.21 bits per heavy atom. The monoisotopic (exact) mass is 430 g/mol. The molecule has 0 radical (unpaired) electrons. The number of nitrogens with one attached hydrogen (secondary N) is 2. The Morgan fingerprint density at radius 2 is 2.00 bits per heavy atom. The van der Waals surface area contributed by atoms with E-state index < -0.39 is 0 Å². The van der Waals surface area contributed by atoms with E-state index in [0.29, 0.717) is 39.7 Å². The maximum Gasteiger partial charge on any atom is 0.256 e. The van der Waals surface area contributed by atoms with Crippen LogP contribution in [0, 0.1) is 0 Å². The predicted molar refractivity (Wildman–Crippen MR) is 112 cm³/mol. The van der Waals surface area contributed by atoms with E-state index in [-0.39, 0.29) is 12.5 Å². The molecule has 0 bridgehead atoms. The Balaban J connectivity index is 1.74. The zero-order valence-corrected chi connectivity index (χ0v) is 17.4. The number of rotatable bonds is 8. The lowest BCUT2D eigenvalue weighted by atomic mass is 10.2. The molecule has 3 rings (SSSR count). The molecule has 3 aromatic rings. The second-order valence-electron chi connectivity index (χ2n) is 5.79. The zero-order valence-electron chi connectivity index (χ0n) is 15.8. The number of amides is 1. The SMILES string of the molecule is COc1ccc(CNc2nc(SC)ncc2C(=O)NCc2ncccn2)cc1Cl. The van der Waals surface area contributed by atoms with Gasteiger partial charge in [-0.2, -0.15) is 0 Å². The maximum atomic E-state index is 12.7. The first-order chi connectivity index (χ1) is 14.1. The van der Waals surface area contributed by atoms with Crippen LogP contribution in [0.5, 0.6) is 5.75 Å². The highest BCUT2D eigenvalue weighted by molar-refractivity contribution is 7.98. The third-order valence-electron chi connectivity index (χ3n) is 3.90. The van der Waals surface area contributed by atoms with E-state index in [1.54, 1.807) is 37.7 Å². The average Bonchev–Trinajstić information content (AvgIpc) is 2.76. The summed E-state index contributed by atoms with van der Waals surface area (Å²) in [6, 6.07) is 7.20. The molecule has 0 aliphatic rings. The van der Waals surface area contributed by atoms with Crippen molar-refractivity contribution < 1.29 is 9.53 Å². The molecule has 1 amide bonds. The average molecular weight is 431 g/mol. The number of thioether (sulfide) groups is 1. The van der Waals surface area contributed by atoms with Gasteiger partial charge in [-0.25, -0.2) is 19.9 Å². The van der Waals surface area contributed by atoms with Crippen molar-refractivity contribution in [3.8, 4) is 5.75 Å². The van der Waals surface area contributed by atoms with Crippen LogP contribution >= 0.6 is 23.4 Å². The summed E-state index contributed by atoms with van der Waals surface area (Å²) in [5.74, 6) is 1.23. The molecule has 0 saturated carbocycles. The highest BCUT2D eigenvalue weighted by Gasteiger charge is 2.15. The second-order valence-corrected chi connectivity index (χ2v) is 6.97. The second kappa shape index (κ2) is 10.0. The molecule has 150 valence electrons. The lowest BCUT2D eigenvalue weighted by molar-refractivity contribution is 0.0949. The van der Waals surface area contributed by atoms with Crippen molar-refractivity contribution in [3.05, 3.63) is 64.8 Å². The summed E-state index contributed by atoms with van der Waals surface area (Å²) in [5.41, 5.74) is 1.25. The summed E-state index contributed by atoms with van der Waals surface area (Å²) in [6.07, 6.45) is 6.62. The highest BCUT2D eigenvalue weighted by atomic mass is 35.5. The van der Waals surface area contributed by atoms with Crippen molar-refractivity contribution in [1.82, 2.24) is 25.3 Å². The summed E-state index contributed by atoms with van der Waals surface area (Å²) in [4.78, 5) is 29.5. The van der Waals surface area contributed by atoms with E-state index in [0.717, 1.165) is 5.56 Å². The van der Waals surface area contributed by atoms with Crippen LogP contribution in [0.3, 0.4) is 0 Å². The molecule has 2 N–H and O–H groups in total. The number of hydrogen-bond acceptors (Lipinski definition) is 8. The lowest BCUT2D eigenvalue weighted by Gasteiger charge is -2.12. The summed E-state index contributed by atoms with van der Waals surface area (Å²) < 4.78 is 5.17. The van der Waals surface area contributed by atoms with Crippen molar-refractivity contribution >= 4 is 35.1 Å². The molecule has 0 unspecified atom stereocenters. The zero-order chi connectivity index (χ0) is 20.6. The van der Waals surface area contributed by atoms with Gasteiger partial charge in [-0.3, -0.25) is 4.79 Å². The molecule has 10 heteroatoms. The number of benzene rings is 1. The first-order valence-electron chi connectivity index (χ1n) is 8.62. The van der Waals surface area contributed by atoms with Gasteiger partial charge >= 0.3 is 0 Å². The predicted octanol–water partition coefficient (Wildman–Crippen LogP) is 3.19. The number of ether oxygens (including phenoxy) is 1. The van der Waals surface area contributed by atoms with Gasteiger partial charge in [-0.1, -0.05) is 29.4 Å². The molecule has 0 aliphatic heterocycles. The van der Waals surface area contributed by atoms with E-state index >= 15 is 0 Å². The fourth-order valence-electron chi connectivity index (χ4n) is 2.45. The number of aromatic nitrogens is 4. The summed E-state index contributed by atoms with van der Waals surface area (Å²) >= 11 is 7.57. The maximum absolute atomic E-state index is 12.7. The van der Waals surface area contributed by atoms with E-state index in [2.05, 4.69) is 30.6 Å². The van der Waals surface area contributed by atoms with Crippen LogP contribution in [0.4, 0.5) is 5.82 Å². The van der Waals surface area contributed by atoms with Crippen molar-refractivity contribution in [1.29, 1.82) is 0 Å². The molecule has 0 spiro atoms. The van der Waals surface area contributed by atoms with Gasteiger partial charge in [-0.15, -0.1) is 0 Å². The molecule has 0 fully saturated rings. The molecule has 0 aliphatic carbocycles. The van der Waals surface area contributed by atoms with E-state index in [9.17, 15) is 4.79 Å². The third-order valence-corrected chi connectivity index (χ3v) is 4.75. The standard InChI is InChI=1S/C19H19ClN6O2S/c1-28-15-5-4-12(8-14(15)20)9-23-17-13(10-25-19(26-17)29-2)18(27)24-11-16-21-6-3-7-22-16/h3-8,10H,9,11H2,1-2H3,(H,24,27)(H,23,25,26).